The topological polar surface area (TPSA) is 70.1 Å². The van der Waals surface area contributed by atoms with Crippen LogP contribution in [-0.4, -0.2) is 41.0 Å². The van der Waals surface area contributed by atoms with Crippen molar-refractivity contribution in [1.29, 1.82) is 0 Å². The minimum absolute atomic E-state index is 0.300. The lowest BCUT2D eigenvalue weighted by Crippen LogP contribution is -2.28. The van der Waals surface area contributed by atoms with Gasteiger partial charge in [0.2, 0.25) is 0 Å². The number of anilines is 2. The molecule has 1 fully saturated rings. The first-order valence-corrected chi connectivity index (χ1v) is 9.01. The van der Waals surface area contributed by atoms with Crippen molar-refractivity contribution in [3.05, 3.63) is 6.07 Å². The van der Waals surface area contributed by atoms with Crippen LogP contribution >= 0.6 is 11.8 Å². The highest BCUT2D eigenvalue weighted by Crippen LogP contribution is 2.30. The van der Waals surface area contributed by atoms with Crippen LogP contribution in [0.5, 0.6) is 0 Å². The third-order valence-electron chi connectivity index (χ3n) is 4.09. The molecule has 0 aliphatic heterocycles. The van der Waals surface area contributed by atoms with Gasteiger partial charge < -0.3 is 15.7 Å². The van der Waals surface area contributed by atoms with Crippen LogP contribution in [0.3, 0.4) is 0 Å². The van der Waals surface area contributed by atoms with Crippen LogP contribution in [0, 0.1) is 11.8 Å². The number of nitrogens with one attached hydrogen (secondary N) is 2. The van der Waals surface area contributed by atoms with E-state index in [1.165, 1.54) is 19.3 Å². The number of rotatable bonds is 7. The molecule has 0 aromatic carbocycles. The average molecular weight is 310 g/mol. The second-order valence-corrected chi connectivity index (χ2v) is 6.30. The highest BCUT2D eigenvalue weighted by atomic mass is 32.2. The van der Waals surface area contributed by atoms with Crippen LogP contribution in [0.15, 0.2) is 11.2 Å². The SMILES string of the molecule is CCNc1cc(NCC2CCCCC2CO)nc(SC)n1. The first-order chi connectivity index (χ1) is 10.3. The van der Waals surface area contributed by atoms with Crippen molar-refractivity contribution >= 4 is 23.4 Å². The highest BCUT2D eigenvalue weighted by Gasteiger charge is 2.24. The average Bonchev–Trinajstić information content (AvgIpc) is 2.53. The summed E-state index contributed by atoms with van der Waals surface area (Å²) in [6.45, 7) is 4.08. The summed E-state index contributed by atoms with van der Waals surface area (Å²) in [5.41, 5.74) is 0. The lowest BCUT2D eigenvalue weighted by Gasteiger charge is -2.30. The number of aliphatic hydroxyl groups is 1. The molecule has 0 spiro atoms. The van der Waals surface area contributed by atoms with Crippen LogP contribution in [0.4, 0.5) is 11.6 Å². The van der Waals surface area contributed by atoms with E-state index in [1.807, 2.05) is 12.3 Å². The molecule has 1 aliphatic carbocycles. The van der Waals surface area contributed by atoms with Gasteiger partial charge in [-0.3, -0.25) is 0 Å². The Morgan fingerprint density at radius 1 is 1.19 bits per heavy atom. The van der Waals surface area contributed by atoms with Gasteiger partial charge in [-0.05, 0) is 37.9 Å². The maximum absolute atomic E-state index is 9.49. The molecule has 0 radical (unpaired) electrons. The molecule has 2 rings (SSSR count). The van der Waals surface area contributed by atoms with Gasteiger partial charge in [-0.15, -0.1) is 0 Å². The lowest BCUT2D eigenvalue weighted by atomic mass is 9.79. The normalized spacial score (nSPS) is 22.0. The van der Waals surface area contributed by atoms with Crippen molar-refractivity contribution in [2.45, 2.75) is 37.8 Å². The molecule has 2 atom stereocenters. The van der Waals surface area contributed by atoms with E-state index in [9.17, 15) is 5.11 Å². The van der Waals surface area contributed by atoms with Crippen molar-refractivity contribution in [1.82, 2.24) is 9.97 Å². The predicted octanol–water partition coefficient (Wildman–Crippen LogP) is 2.84. The molecule has 0 bridgehead atoms. The summed E-state index contributed by atoms with van der Waals surface area (Å²) in [5.74, 6) is 2.70. The predicted molar refractivity (Wildman–Crippen MR) is 89.0 cm³/mol. The molecule has 0 amide bonds. The molecule has 118 valence electrons. The van der Waals surface area contributed by atoms with Crippen LogP contribution in [0.2, 0.25) is 0 Å². The minimum Gasteiger partial charge on any atom is -0.396 e. The Morgan fingerprint density at radius 3 is 2.48 bits per heavy atom. The summed E-state index contributed by atoms with van der Waals surface area (Å²) in [5, 5.41) is 16.9. The van der Waals surface area contributed by atoms with Crippen molar-refractivity contribution in [3.63, 3.8) is 0 Å². The second kappa shape index (κ2) is 8.44. The number of aliphatic hydroxyl groups excluding tert-OH is 1. The summed E-state index contributed by atoms with van der Waals surface area (Å²) < 4.78 is 0. The summed E-state index contributed by atoms with van der Waals surface area (Å²) in [6.07, 6.45) is 6.84. The van der Waals surface area contributed by atoms with E-state index < -0.39 is 0 Å². The Hall–Kier alpha value is -1.01. The number of nitrogens with zero attached hydrogens (tertiary/aromatic N) is 2. The fourth-order valence-corrected chi connectivity index (χ4v) is 3.29. The standard InChI is InChI=1S/C15H26N4OS/c1-3-16-13-8-14(19-15(18-13)21-2)17-9-11-6-4-5-7-12(11)10-20/h8,11-12,20H,3-7,9-10H2,1-2H3,(H2,16,17,18,19). The molecule has 5 nitrogen and oxygen atoms in total. The fourth-order valence-electron chi connectivity index (χ4n) is 2.91. The van der Waals surface area contributed by atoms with Crippen LogP contribution in [0.1, 0.15) is 32.6 Å². The maximum atomic E-state index is 9.49. The van der Waals surface area contributed by atoms with Gasteiger partial charge in [0.25, 0.3) is 0 Å². The van der Waals surface area contributed by atoms with Crippen LogP contribution in [0.25, 0.3) is 0 Å². The molecule has 1 saturated carbocycles. The molecule has 1 aromatic rings. The quantitative estimate of drug-likeness (QED) is 0.531. The fraction of sp³-hybridized carbons (Fsp3) is 0.733. The zero-order valence-electron chi connectivity index (χ0n) is 12.9. The second-order valence-electron chi connectivity index (χ2n) is 5.52. The van der Waals surface area contributed by atoms with E-state index in [1.54, 1.807) is 11.8 Å². The summed E-state index contributed by atoms with van der Waals surface area (Å²) in [6, 6.07) is 1.96. The van der Waals surface area contributed by atoms with Crippen LogP contribution < -0.4 is 10.6 Å². The van der Waals surface area contributed by atoms with E-state index in [4.69, 9.17) is 0 Å². The Labute approximate surface area is 131 Å². The van der Waals surface area contributed by atoms with Gasteiger partial charge in [0.1, 0.15) is 11.6 Å². The van der Waals surface area contributed by atoms with E-state index in [0.29, 0.717) is 18.4 Å². The van der Waals surface area contributed by atoms with Gasteiger partial charge in [-0.2, -0.15) is 0 Å². The molecular weight excluding hydrogens is 284 g/mol. The van der Waals surface area contributed by atoms with Gasteiger partial charge in [-0.1, -0.05) is 24.6 Å². The van der Waals surface area contributed by atoms with Gasteiger partial charge in [-0.25, -0.2) is 9.97 Å². The molecule has 6 heteroatoms. The smallest absolute Gasteiger partial charge is 0.191 e. The van der Waals surface area contributed by atoms with Crippen molar-refractivity contribution < 1.29 is 5.11 Å². The zero-order chi connectivity index (χ0) is 15.1. The number of hydrogen-bond donors (Lipinski definition) is 3. The maximum Gasteiger partial charge on any atom is 0.191 e. The molecule has 1 aromatic heterocycles. The summed E-state index contributed by atoms with van der Waals surface area (Å²) in [4.78, 5) is 8.94. The summed E-state index contributed by atoms with van der Waals surface area (Å²) >= 11 is 1.55. The third kappa shape index (κ3) is 4.74. The van der Waals surface area contributed by atoms with E-state index in [2.05, 4.69) is 27.5 Å². The van der Waals surface area contributed by atoms with Crippen molar-refractivity contribution in [2.75, 3.05) is 36.6 Å². The molecule has 1 heterocycles. The Morgan fingerprint density at radius 2 is 1.86 bits per heavy atom. The zero-order valence-corrected chi connectivity index (χ0v) is 13.7. The number of thioether (sulfide) groups is 1. The first-order valence-electron chi connectivity index (χ1n) is 7.78. The van der Waals surface area contributed by atoms with Crippen LogP contribution in [-0.2, 0) is 0 Å². The highest BCUT2D eigenvalue weighted by molar-refractivity contribution is 7.98. The van der Waals surface area contributed by atoms with Gasteiger partial charge in [0, 0.05) is 25.8 Å². The summed E-state index contributed by atoms with van der Waals surface area (Å²) in [7, 11) is 0. The Bertz CT molecular complexity index is 444. The van der Waals surface area contributed by atoms with E-state index in [0.717, 1.165) is 36.3 Å². The van der Waals surface area contributed by atoms with Gasteiger partial charge >= 0.3 is 0 Å². The molecule has 2 unspecified atom stereocenters. The molecule has 0 saturated heterocycles. The number of aromatic nitrogens is 2. The van der Waals surface area contributed by atoms with Gasteiger partial charge in [0.15, 0.2) is 5.16 Å². The van der Waals surface area contributed by atoms with Crippen molar-refractivity contribution in [2.24, 2.45) is 11.8 Å². The largest absolute Gasteiger partial charge is 0.396 e. The molecule has 1 aliphatic rings. The van der Waals surface area contributed by atoms with E-state index >= 15 is 0 Å². The lowest BCUT2D eigenvalue weighted by molar-refractivity contribution is 0.141. The third-order valence-corrected chi connectivity index (χ3v) is 4.64. The molecular formula is C15H26N4OS. The Balaban J connectivity index is 1.99. The Kier molecular flexibility index (Phi) is 6.57. The minimum atomic E-state index is 0.300. The monoisotopic (exact) mass is 310 g/mol. The first kappa shape index (κ1) is 16.4. The van der Waals surface area contributed by atoms with Gasteiger partial charge in [0.05, 0.1) is 0 Å². The molecule has 21 heavy (non-hydrogen) atoms. The van der Waals surface area contributed by atoms with Crippen molar-refractivity contribution in [3.8, 4) is 0 Å². The van der Waals surface area contributed by atoms with E-state index in [-0.39, 0.29) is 0 Å². The number of hydrogen-bond acceptors (Lipinski definition) is 6. The molecule has 3 N–H and O–H groups in total.